The first-order chi connectivity index (χ1) is 13.0. The molecule has 1 aromatic heterocycles. The first-order valence-corrected chi connectivity index (χ1v) is 9.67. The molecule has 150 valence electrons. The van der Waals surface area contributed by atoms with E-state index in [-0.39, 0.29) is 11.3 Å². The lowest BCUT2D eigenvalue weighted by molar-refractivity contribution is 0.105. The fraction of sp³-hybridized carbons (Fsp3) is 0.571. The van der Waals surface area contributed by atoms with E-state index in [9.17, 15) is 15.0 Å². The molecule has 0 bridgehead atoms. The molecule has 1 heterocycles. The Morgan fingerprint density at radius 1 is 1.22 bits per heavy atom. The zero-order chi connectivity index (χ0) is 19.8. The van der Waals surface area contributed by atoms with Crippen LogP contribution in [0.3, 0.4) is 0 Å². The summed E-state index contributed by atoms with van der Waals surface area (Å²) in [6, 6.07) is 4.58. The maximum absolute atomic E-state index is 11.2. The van der Waals surface area contributed by atoms with Gasteiger partial charge in [-0.2, -0.15) is 0 Å². The average molecular weight is 377 g/mol. The van der Waals surface area contributed by atoms with Crippen molar-refractivity contribution in [3.63, 3.8) is 0 Å². The minimum atomic E-state index is -0.963. The summed E-state index contributed by atoms with van der Waals surface area (Å²) in [6.07, 6.45) is 2.62. The molecule has 3 N–H and O–H groups in total. The van der Waals surface area contributed by atoms with E-state index >= 15 is 0 Å². The molecule has 1 unspecified atom stereocenters. The summed E-state index contributed by atoms with van der Waals surface area (Å²) in [5.41, 5.74) is 0.627. The molecule has 27 heavy (non-hydrogen) atoms. The molecule has 0 aliphatic heterocycles. The lowest BCUT2D eigenvalue weighted by Crippen LogP contribution is -2.24. The van der Waals surface area contributed by atoms with Crippen molar-refractivity contribution in [3.8, 4) is 5.75 Å². The van der Waals surface area contributed by atoms with Crippen LogP contribution in [0.4, 0.5) is 0 Å². The Morgan fingerprint density at radius 2 is 1.96 bits per heavy atom. The number of hydrogen-bond donors (Lipinski definition) is 3. The maximum atomic E-state index is 11.2. The molecule has 0 spiro atoms. The van der Waals surface area contributed by atoms with Gasteiger partial charge in [0.05, 0.1) is 5.56 Å². The number of carbonyl (C=O) groups is 1. The Kier molecular flexibility index (Phi) is 8.28. The molecule has 0 saturated heterocycles. The molecule has 1 aromatic carbocycles. The van der Waals surface area contributed by atoms with Crippen LogP contribution in [-0.4, -0.2) is 36.3 Å². The standard InChI is InChI=1S/C21H31NO5/c1-4-10-26-11-8-15(3)14(2)7-9-22-21(25)20-12-16-17(13-23)18(24)5-6-19(16)27-20/h5-6,12-15,21-22,24-25H,4,7-11H2,1-3H3/t14-,15+,21?/m1/s1. The molecular formula is C21H31NO5. The molecule has 0 aliphatic rings. The smallest absolute Gasteiger partial charge is 0.163 e. The predicted molar refractivity (Wildman–Crippen MR) is 105 cm³/mol. The Hall–Kier alpha value is -1.89. The normalized spacial score (nSPS) is 15.0. The number of benzene rings is 1. The van der Waals surface area contributed by atoms with Gasteiger partial charge in [0.25, 0.3) is 0 Å². The molecule has 0 radical (unpaired) electrons. The second-order valence-electron chi connectivity index (χ2n) is 7.18. The van der Waals surface area contributed by atoms with Crippen molar-refractivity contribution in [1.82, 2.24) is 5.32 Å². The van der Waals surface area contributed by atoms with E-state index in [1.54, 1.807) is 12.1 Å². The van der Waals surface area contributed by atoms with Gasteiger partial charge in [0.2, 0.25) is 0 Å². The van der Waals surface area contributed by atoms with E-state index < -0.39 is 6.23 Å². The molecule has 3 atom stereocenters. The van der Waals surface area contributed by atoms with Gasteiger partial charge in [0, 0.05) is 18.6 Å². The van der Waals surface area contributed by atoms with Crippen LogP contribution in [0.5, 0.6) is 5.75 Å². The first kappa shape index (κ1) is 21.4. The second kappa shape index (κ2) is 10.4. The predicted octanol–water partition coefficient (Wildman–Crippen LogP) is 4.01. The number of furan rings is 1. The highest BCUT2D eigenvalue weighted by atomic mass is 16.5. The summed E-state index contributed by atoms with van der Waals surface area (Å²) in [6.45, 7) is 8.79. The average Bonchev–Trinajstić information content (AvgIpc) is 3.09. The van der Waals surface area contributed by atoms with Crippen LogP contribution < -0.4 is 5.32 Å². The summed E-state index contributed by atoms with van der Waals surface area (Å²) in [4.78, 5) is 11.2. The number of fused-ring (bicyclic) bond motifs is 1. The molecule has 6 nitrogen and oxygen atoms in total. The van der Waals surface area contributed by atoms with E-state index in [4.69, 9.17) is 9.15 Å². The van der Waals surface area contributed by atoms with Gasteiger partial charge >= 0.3 is 0 Å². The van der Waals surface area contributed by atoms with Gasteiger partial charge in [-0.15, -0.1) is 0 Å². The van der Waals surface area contributed by atoms with Crippen molar-refractivity contribution >= 4 is 17.3 Å². The van der Waals surface area contributed by atoms with Crippen molar-refractivity contribution in [1.29, 1.82) is 0 Å². The number of ether oxygens (including phenoxy) is 1. The van der Waals surface area contributed by atoms with E-state index in [1.165, 1.54) is 6.07 Å². The van der Waals surface area contributed by atoms with Crippen LogP contribution in [0.25, 0.3) is 11.0 Å². The third-order valence-corrected chi connectivity index (χ3v) is 5.10. The summed E-state index contributed by atoms with van der Waals surface area (Å²) in [5, 5.41) is 23.6. The minimum Gasteiger partial charge on any atom is -0.507 e. The molecule has 0 saturated carbocycles. The van der Waals surface area contributed by atoms with Crippen molar-refractivity contribution < 1.29 is 24.2 Å². The zero-order valence-corrected chi connectivity index (χ0v) is 16.4. The molecule has 2 rings (SSSR count). The molecular weight excluding hydrogens is 346 g/mol. The van der Waals surface area contributed by atoms with Gasteiger partial charge in [0.1, 0.15) is 17.1 Å². The Labute approximate surface area is 160 Å². The first-order valence-electron chi connectivity index (χ1n) is 9.67. The Balaban J connectivity index is 1.84. The summed E-state index contributed by atoms with van der Waals surface area (Å²) >= 11 is 0. The lowest BCUT2D eigenvalue weighted by atomic mass is 9.90. The van der Waals surface area contributed by atoms with E-state index in [0.717, 1.165) is 32.5 Å². The second-order valence-corrected chi connectivity index (χ2v) is 7.18. The highest BCUT2D eigenvalue weighted by Gasteiger charge is 2.17. The van der Waals surface area contributed by atoms with E-state index in [2.05, 4.69) is 26.1 Å². The number of hydrogen-bond acceptors (Lipinski definition) is 6. The van der Waals surface area contributed by atoms with Crippen molar-refractivity contribution in [2.24, 2.45) is 11.8 Å². The summed E-state index contributed by atoms with van der Waals surface area (Å²) in [5.74, 6) is 1.28. The van der Waals surface area contributed by atoms with Crippen molar-refractivity contribution in [2.45, 2.75) is 46.3 Å². The number of phenolic OH excluding ortho intramolecular Hbond substituents is 1. The number of aromatic hydroxyl groups is 1. The third-order valence-electron chi connectivity index (χ3n) is 5.10. The molecule has 6 heteroatoms. The number of carbonyl (C=O) groups excluding carboxylic acids is 1. The third kappa shape index (κ3) is 5.79. The molecule has 2 aromatic rings. The maximum Gasteiger partial charge on any atom is 0.163 e. The largest absolute Gasteiger partial charge is 0.507 e. The number of nitrogens with one attached hydrogen (secondary N) is 1. The highest BCUT2D eigenvalue weighted by molar-refractivity contribution is 5.99. The number of rotatable bonds is 12. The van der Waals surface area contributed by atoms with Crippen LogP contribution in [0.15, 0.2) is 22.6 Å². The fourth-order valence-corrected chi connectivity index (χ4v) is 3.03. The Morgan fingerprint density at radius 3 is 2.67 bits per heavy atom. The zero-order valence-electron chi connectivity index (χ0n) is 16.4. The van der Waals surface area contributed by atoms with Gasteiger partial charge in [-0.3, -0.25) is 10.1 Å². The summed E-state index contributed by atoms with van der Waals surface area (Å²) < 4.78 is 11.2. The van der Waals surface area contributed by atoms with Gasteiger partial charge < -0.3 is 19.4 Å². The van der Waals surface area contributed by atoms with Gasteiger partial charge in [-0.25, -0.2) is 0 Å². The van der Waals surface area contributed by atoms with Gasteiger partial charge in [-0.1, -0.05) is 20.8 Å². The highest BCUT2D eigenvalue weighted by Crippen LogP contribution is 2.30. The molecule has 0 aliphatic carbocycles. The van der Waals surface area contributed by atoms with Gasteiger partial charge in [-0.05, 0) is 55.8 Å². The Bertz CT molecular complexity index is 727. The fourth-order valence-electron chi connectivity index (χ4n) is 3.03. The number of aldehydes is 1. The van der Waals surface area contributed by atoms with E-state index in [0.29, 0.717) is 41.4 Å². The number of aliphatic hydroxyl groups excluding tert-OH is 1. The van der Waals surface area contributed by atoms with E-state index in [1.807, 2.05) is 0 Å². The number of phenols is 1. The van der Waals surface area contributed by atoms with Crippen LogP contribution in [0, 0.1) is 11.8 Å². The van der Waals surface area contributed by atoms with Gasteiger partial charge in [0.15, 0.2) is 12.5 Å². The van der Waals surface area contributed by atoms with Crippen LogP contribution >= 0.6 is 0 Å². The van der Waals surface area contributed by atoms with Crippen LogP contribution in [-0.2, 0) is 4.74 Å². The SMILES string of the molecule is CCCOCC[C@H](C)[C@H](C)CCNC(O)c1cc2c(C=O)c(O)ccc2o1. The quantitative estimate of drug-likeness (QED) is 0.294. The molecule has 0 amide bonds. The minimum absolute atomic E-state index is 0.0990. The van der Waals surface area contributed by atoms with Crippen molar-refractivity contribution in [2.75, 3.05) is 19.8 Å². The number of aliphatic hydroxyl groups is 1. The van der Waals surface area contributed by atoms with Crippen LogP contribution in [0.2, 0.25) is 0 Å². The summed E-state index contributed by atoms with van der Waals surface area (Å²) in [7, 11) is 0. The topological polar surface area (TPSA) is 91.9 Å². The monoisotopic (exact) mass is 377 g/mol. The van der Waals surface area contributed by atoms with Crippen LogP contribution in [0.1, 0.15) is 62.4 Å². The lowest BCUT2D eigenvalue weighted by Gasteiger charge is -2.20. The molecule has 0 fully saturated rings. The van der Waals surface area contributed by atoms with Crippen molar-refractivity contribution in [3.05, 3.63) is 29.5 Å².